The molecule has 2 N–H and O–H groups in total. The lowest BCUT2D eigenvalue weighted by Gasteiger charge is -2.36. The van der Waals surface area contributed by atoms with Crippen LogP contribution >= 0.6 is 0 Å². The van der Waals surface area contributed by atoms with Crippen LogP contribution in [0.25, 0.3) is 11.1 Å². The number of hydrogen-bond acceptors (Lipinski definition) is 5. The Kier molecular flexibility index (Phi) is 13.9. The summed E-state index contributed by atoms with van der Waals surface area (Å²) in [6.07, 6.45) is 5.22. The summed E-state index contributed by atoms with van der Waals surface area (Å²) in [6.45, 7) is 5.21. The van der Waals surface area contributed by atoms with Crippen LogP contribution in [-0.4, -0.2) is 103 Å². The smallest absolute Gasteiger partial charge is 0.246 e. The van der Waals surface area contributed by atoms with E-state index in [0.717, 1.165) is 35.2 Å². The van der Waals surface area contributed by atoms with Crippen LogP contribution in [0.15, 0.2) is 97.1 Å². The van der Waals surface area contributed by atoms with Crippen LogP contribution in [0.2, 0.25) is 0 Å². The van der Waals surface area contributed by atoms with Gasteiger partial charge in [0.1, 0.15) is 12.1 Å². The molecule has 0 fully saturated rings. The van der Waals surface area contributed by atoms with Gasteiger partial charge >= 0.3 is 0 Å². The zero-order valence-corrected chi connectivity index (χ0v) is 29.2. The highest BCUT2D eigenvalue weighted by Crippen LogP contribution is 2.22. The number of carbonyl (C=O) groups excluding carboxylic acids is 3. The highest BCUT2D eigenvalue weighted by atomic mass is 16.2. The fraction of sp³-hybridized carbons (Fsp3) is 0.410. The van der Waals surface area contributed by atoms with Gasteiger partial charge in [-0.05, 0) is 75.7 Å². The molecule has 0 heterocycles. The Morgan fingerprint density at radius 2 is 1.19 bits per heavy atom. The lowest BCUT2D eigenvalue weighted by molar-refractivity contribution is -0.148. The van der Waals surface area contributed by atoms with Crippen LogP contribution in [0.1, 0.15) is 37.8 Å². The molecule has 0 aromatic heterocycles. The highest BCUT2D eigenvalue weighted by Gasteiger charge is 2.35. The van der Waals surface area contributed by atoms with Crippen LogP contribution < -0.4 is 5.73 Å². The van der Waals surface area contributed by atoms with E-state index in [1.165, 1.54) is 15.9 Å². The van der Waals surface area contributed by atoms with E-state index in [4.69, 9.17) is 5.73 Å². The minimum Gasteiger partial charge on any atom is -0.344 e. The van der Waals surface area contributed by atoms with E-state index in [1.807, 2.05) is 101 Å². The minimum absolute atomic E-state index is 0.131. The second-order valence-electron chi connectivity index (χ2n) is 13.4. The lowest BCUT2D eigenvalue weighted by Crippen LogP contribution is -2.56. The van der Waals surface area contributed by atoms with E-state index in [-0.39, 0.29) is 17.7 Å². The number of hydrogen-bond donors (Lipinski definition) is 1. The van der Waals surface area contributed by atoms with Crippen LogP contribution in [0.4, 0.5) is 0 Å². The fourth-order valence-corrected chi connectivity index (χ4v) is 5.42. The van der Waals surface area contributed by atoms with Gasteiger partial charge in [-0.3, -0.25) is 14.4 Å². The molecule has 0 aliphatic carbocycles. The number of rotatable bonds is 16. The molecule has 8 nitrogen and oxygen atoms in total. The van der Waals surface area contributed by atoms with Gasteiger partial charge in [0.25, 0.3) is 0 Å². The Morgan fingerprint density at radius 1 is 0.681 bits per heavy atom. The molecule has 0 aliphatic heterocycles. The molecule has 3 aromatic rings. The van der Waals surface area contributed by atoms with Gasteiger partial charge in [0.15, 0.2) is 0 Å². The molecule has 0 saturated carbocycles. The number of likely N-dealkylation sites (N-methyl/N-ethyl adjacent to an activating group) is 3. The quantitative estimate of drug-likeness (QED) is 0.226. The van der Waals surface area contributed by atoms with Crippen molar-refractivity contribution in [3.8, 4) is 11.1 Å². The van der Waals surface area contributed by atoms with Crippen molar-refractivity contribution in [2.75, 3.05) is 48.3 Å². The second kappa shape index (κ2) is 17.6. The van der Waals surface area contributed by atoms with E-state index in [1.54, 1.807) is 32.1 Å². The summed E-state index contributed by atoms with van der Waals surface area (Å²) in [7, 11) is 9.13. The van der Waals surface area contributed by atoms with Crippen molar-refractivity contribution in [1.29, 1.82) is 0 Å². The number of nitrogens with zero attached hydrogens (tertiary/aromatic N) is 4. The Labute approximate surface area is 281 Å². The zero-order valence-electron chi connectivity index (χ0n) is 29.2. The summed E-state index contributed by atoms with van der Waals surface area (Å²) in [5.74, 6) is -0.723. The zero-order chi connectivity index (χ0) is 34.6. The maximum atomic E-state index is 14.5. The van der Waals surface area contributed by atoms with Gasteiger partial charge in [0.05, 0.1) is 0 Å². The molecule has 2 atom stereocenters. The van der Waals surface area contributed by atoms with Crippen LogP contribution in [0.3, 0.4) is 0 Å². The number of nitrogens with two attached hydrogens (primary N) is 1. The van der Waals surface area contributed by atoms with Crippen molar-refractivity contribution in [3.05, 3.63) is 108 Å². The molecule has 0 bridgehead atoms. The van der Waals surface area contributed by atoms with Crippen molar-refractivity contribution in [2.24, 2.45) is 5.73 Å². The molecule has 3 aromatic carbocycles. The summed E-state index contributed by atoms with van der Waals surface area (Å²) >= 11 is 0. The standard InChI is InChI=1S/C39H53N5O3/c1-39(2,40)25-14-20-36(45)43(6)35(29-31-21-23-33(24-22-31)32-18-12-9-13-19-32)38(47)44(7)34(28-30-16-10-8-11-17-30)37(46)42(5)27-15-26-41(3)4/h8-14,16-24,34-35H,15,25-29,40H2,1-7H3/b20-14+/t34-,35-/m1/s1. The first-order valence-corrected chi connectivity index (χ1v) is 16.3. The van der Waals surface area contributed by atoms with Crippen LogP contribution in [0, 0.1) is 0 Å². The third kappa shape index (κ3) is 11.8. The van der Waals surface area contributed by atoms with Gasteiger partial charge in [-0.15, -0.1) is 0 Å². The van der Waals surface area contributed by atoms with E-state index in [9.17, 15) is 14.4 Å². The van der Waals surface area contributed by atoms with Crippen molar-refractivity contribution < 1.29 is 14.4 Å². The molecular formula is C39H53N5O3. The number of benzene rings is 3. The Morgan fingerprint density at radius 3 is 1.74 bits per heavy atom. The average Bonchev–Trinajstić information content (AvgIpc) is 3.05. The largest absolute Gasteiger partial charge is 0.344 e. The predicted octanol–water partition coefficient (Wildman–Crippen LogP) is 4.89. The van der Waals surface area contributed by atoms with E-state index in [0.29, 0.717) is 25.8 Å². The van der Waals surface area contributed by atoms with Crippen molar-refractivity contribution >= 4 is 17.7 Å². The van der Waals surface area contributed by atoms with E-state index >= 15 is 0 Å². The molecule has 0 unspecified atom stereocenters. The van der Waals surface area contributed by atoms with Crippen molar-refractivity contribution in [1.82, 2.24) is 19.6 Å². The van der Waals surface area contributed by atoms with Gasteiger partial charge in [-0.1, -0.05) is 91.0 Å². The summed E-state index contributed by atoms with van der Waals surface area (Å²) in [6, 6.07) is 26.3. The SMILES string of the molecule is CN(C)CCCN(C)C(=O)[C@@H](Cc1ccccc1)N(C)C(=O)[C@@H](Cc1ccc(-c2ccccc2)cc1)N(C)C(=O)/C=C/CC(C)(C)N. The molecule has 0 radical (unpaired) electrons. The molecule has 8 heteroatoms. The molecule has 3 rings (SSSR count). The monoisotopic (exact) mass is 639 g/mol. The van der Waals surface area contributed by atoms with Gasteiger partial charge in [-0.25, -0.2) is 0 Å². The van der Waals surface area contributed by atoms with E-state index < -0.39 is 17.6 Å². The predicted molar refractivity (Wildman–Crippen MR) is 192 cm³/mol. The average molecular weight is 640 g/mol. The third-order valence-corrected chi connectivity index (χ3v) is 8.34. The molecular weight excluding hydrogens is 586 g/mol. The molecule has 47 heavy (non-hydrogen) atoms. The first-order chi connectivity index (χ1) is 22.3. The summed E-state index contributed by atoms with van der Waals surface area (Å²) in [5.41, 5.74) is 9.69. The maximum Gasteiger partial charge on any atom is 0.246 e. The van der Waals surface area contributed by atoms with Crippen molar-refractivity contribution in [3.63, 3.8) is 0 Å². The maximum absolute atomic E-state index is 14.5. The highest BCUT2D eigenvalue weighted by molar-refractivity contribution is 5.95. The molecule has 0 saturated heterocycles. The Bertz CT molecular complexity index is 1450. The molecule has 0 aliphatic rings. The van der Waals surface area contributed by atoms with E-state index in [2.05, 4.69) is 17.0 Å². The lowest BCUT2D eigenvalue weighted by atomic mass is 9.98. The minimum atomic E-state index is -0.837. The van der Waals surface area contributed by atoms with Gasteiger partial charge in [-0.2, -0.15) is 0 Å². The molecule has 0 spiro atoms. The van der Waals surface area contributed by atoms with Crippen LogP contribution in [-0.2, 0) is 27.2 Å². The first-order valence-electron chi connectivity index (χ1n) is 16.3. The van der Waals surface area contributed by atoms with Gasteiger partial charge in [0.2, 0.25) is 17.7 Å². The first kappa shape index (κ1) is 37.2. The number of carbonyl (C=O) groups is 3. The van der Waals surface area contributed by atoms with Gasteiger partial charge in [0, 0.05) is 46.1 Å². The fourth-order valence-electron chi connectivity index (χ4n) is 5.42. The molecule has 252 valence electrons. The van der Waals surface area contributed by atoms with Gasteiger partial charge < -0.3 is 25.3 Å². The summed E-state index contributed by atoms with van der Waals surface area (Å²) in [5, 5.41) is 0. The van der Waals surface area contributed by atoms with Crippen LogP contribution in [0.5, 0.6) is 0 Å². The topological polar surface area (TPSA) is 90.2 Å². The third-order valence-electron chi connectivity index (χ3n) is 8.34. The van der Waals surface area contributed by atoms with Crippen molar-refractivity contribution in [2.45, 2.75) is 57.2 Å². The Balaban J connectivity index is 1.93. The normalized spacial score (nSPS) is 13.0. The summed E-state index contributed by atoms with van der Waals surface area (Å²) < 4.78 is 0. The second-order valence-corrected chi connectivity index (χ2v) is 13.4. The summed E-state index contributed by atoms with van der Waals surface area (Å²) in [4.78, 5) is 48.7. The number of amides is 3. The Hall–Kier alpha value is -4.27. The molecule has 3 amide bonds.